The third-order valence-electron chi connectivity index (χ3n) is 2.00. The van der Waals surface area contributed by atoms with Crippen LogP contribution in [0.2, 0.25) is 0 Å². The van der Waals surface area contributed by atoms with Crippen molar-refractivity contribution in [3.05, 3.63) is 0 Å². The van der Waals surface area contributed by atoms with Crippen molar-refractivity contribution in [2.24, 2.45) is 0 Å². The molecule has 0 aliphatic rings. The molecule has 72 valence electrons. The van der Waals surface area contributed by atoms with Crippen molar-refractivity contribution < 1.29 is 0 Å². The molecule has 0 bridgehead atoms. The first kappa shape index (κ1) is 12.2. The molecule has 0 aromatic rings. The predicted octanol–water partition coefficient (Wildman–Crippen LogP) is 4.51. The van der Waals surface area contributed by atoms with Gasteiger partial charge < -0.3 is 0 Å². The fourth-order valence-corrected chi connectivity index (χ4v) is 1.86. The van der Waals surface area contributed by atoms with Crippen LogP contribution >= 0.6 is 8.20 Å². The summed E-state index contributed by atoms with van der Waals surface area (Å²) >= 11 is 0. The Morgan fingerprint density at radius 2 is 1.58 bits per heavy atom. The first-order valence-corrected chi connectivity index (χ1v) is 6.55. The van der Waals surface area contributed by atoms with E-state index in [-0.39, 0.29) is 0 Å². The minimum atomic E-state index is 1.29. The molecule has 0 aromatic carbocycles. The van der Waals surface area contributed by atoms with Gasteiger partial charge in [-0.3, -0.25) is 0 Å². The molecule has 0 radical (unpaired) electrons. The third-order valence-corrected chi connectivity index (χ3v) is 2.88. The minimum Gasteiger partial charge on any atom is -0.109 e. The highest BCUT2D eigenvalue weighted by Crippen LogP contribution is 2.06. The van der Waals surface area contributed by atoms with Crippen molar-refractivity contribution in [3.8, 4) is 0 Å². The average Bonchev–Trinajstić information content (AvgIpc) is 2.10. The summed E-state index contributed by atoms with van der Waals surface area (Å²) < 4.78 is 0. The molecule has 0 aromatic heterocycles. The fraction of sp³-hybridized carbons (Fsp3) is 0.909. The lowest BCUT2D eigenvalue weighted by atomic mass is 10.1. The lowest BCUT2D eigenvalue weighted by Gasteiger charge is -1.97. The zero-order chi connectivity index (χ0) is 9.07. The van der Waals surface area contributed by atoms with Crippen molar-refractivity contribution in [3.63, 3.8) is 0 Å². The number of hydrogen-bond acceptors (Lipinski definition) is 0. The van der Waals surface area contributed by atoms with E-state index in [1.807, 2.05) is 0 Å². The SMILES string of the molecule is CCCCCCCCC=PCC. The molecule has 0 fully saturated rings. The first-order valence-electron chi connectivity index (χ1n) is 5.40. The Kier molecular flexibility index (Phi) is 11.3. The van der Waals surface area contributed by atoms with E-state index in [1.54, 1.807) is 0 Å². The van der Waals surface area contributed by atoms with Gasteiger partial charge in [0.15, 0.2) is 0 Å². The summed E-state index contributed by atoms with van der Waals surface area (Å²) in [6.45, 7) is 4.51. The van der Waals surface area contributed by atoms with E-state index < -0.39 is 0 Å². The summed E-state index contributed by atoms with van der Waals surface area (Å²) in [4.78, 5) is 0. The molecule has 1 heteroatoms. The Balaban J connectivity index is 2.86. The molecule has 0 saturated heterocycles. The summed E-state index contributed by atoms with van der Waals surface area (Å²) in [5.74, 6) is 2.42. The molecule has 0 saturated carbocycles. The van der Waals surface area contributed by atoms with E-state index in [1.165, 1.54) is 59.3 Å². The quantitative estimate of drug-likeness (QED) is 0.386. The van der Waals surface area contributed by atoms with Gasteiger partial charge in [0.2, 0.25) is 0 Å². The smallest absolute Gasteiger partial charge is 0.0138 e. The summed E-state index contributed by atoms with van der Waals surface area (Å²) in [5, 5.41) is 0. The molecule has 0 N–H and O–H groups in total. The fourth-order valence-electron chi connectivity index (χ4n) is 1.24. The Hall–Kier alpha value is 0.170. The summed E-state index contributed by atoms with van der Waals surface area (Å²) in [6.07, 6.45) is 11.2. The van der Waals surface area contributed by atoms with Gasteiger partial charge >= 0.3 is 0 Å². The highest BCUT2D eigenvalue weighted by molar-refractivity contribution is 7.38. The minimum absolute atomic E-state index is 1.29. The van der Waals surface area contributed by atoms with Crippen LogP contribution in [0.3, 0.4) is 0 Å². The molecular formula is C11H23P. The van der Waals surface area contributed by atoms with Crippen molar-refractivity contribution in [2.45, 2.75) is 58.8 Å². The first-order chi connectivity index (χ1) is 5.91. The van der Waals surface area contributed by atoms with Crippen molar-refractivity contribution in [1.29, 1.82) is 0 Å². The van der Waals surface area contributed by atoms with E-state index in [0.717, 1.165) is 0 Å². The van der Waals surface area contributed by atoms with Crippen LogP contribution in [0.1, 0.15) is 58.8 Å². The predicted molar refractivity (Wildman–Crippen MR) is 61.5 cm³/mol. The van der Waals surface area contributed by atoms with Crippen LogP contribution in [-0.2, 0) is 0 Å². The van der Waals surface area contributed by atoms with Crippen LogP contribution in [0.25, 0.3) is 0 Å². The van der Waals surface area contributed by atoms with Crippen LogP contribution in [0.4, 0.5) is 0 Å². The van der Waals surface area contributed by atoms with Gasteiger partial charge in [0.05, 0.1) is 0 Å². The Morgan fingerprint density at radius 3 is 2.25 bits per heavy atom. The molecule has 0 nitrogen and oxygen atoms in total. The molecule has 0 spiro atoms. The lowest BCUT2D eigenvalue weighted by molar-refractivity contribution is 0.617. The van der Waals surface area contributed by atoms with E-state index >= 15 is 0 Å². The average molecular weight is 186 g/mol. The van der Waals surface area contributed by atoms with Gasteiger partial charge in [0.1, 0.15) is 0 Å². The van der Waals surface area contributed by atoms with Crippen LogP contribution < -0.4 is 0 Å². The molecule has 0 aliphatic heterocycles. The standard InChI is InChI=1S/C11H23P/c1-3-5-6-7-8-9-10-11-12-4-2/h11H,3-10H2,1-2H3. The maximum Gasteiger partial charge on any atom is -0.0138 e. The Morgan fingerprint density at radius 1 is 0.917 bits per heavy atom. The van der Waals surface area contributed by atoms with Crippen molar-refractivity contribution in [2.75, 3.05) is 6.16 Å². The van der Waals surface area contributed by atoms with Gasteiger partial charge in [0.25, 0.3) is 0 Å². The van der Waals surface area contributed by atoms with Crippen LogP contribution in [-0.4, -0.2) is 12.0 Å². The highest BCUT2D eigenvalue weighted by Gasteiger charge is 1.87. The van der Waals surface area contributed by atoms with Gasteiger partial charge in [-0.05, 0) is 19.0 Å². The molecule has 0 aliphatic carbocycles. The zero-order valence-electron chi connectivity index (χ0n) is 8.68. The van der Waals surface area contributed by atoms with E-state index in [0.29, 0.717) is 0 Å². The summed E-state index contributed by atoms with van der Waals surface area (Å²) in [5.41, 5.74) is 0. The van der Waals surface area contributed by atoms with Gasteiger partial charge in [-0.2, -0.15) is 0 Å². The molecule has 0 atom stereocenters. The van der Waals surface area contributed by atoms with Crippen molar-refractivity contribution >= 4 is 14.0 Å². The second-order valence-corrected chi connectivity index (χ2v) is 4.60. The second kappa shape index (κ2) is 11.2. The largest absolute Gasteiger partial charge is 0.109 e. The van der Waals surface area contributed by atoms with Gasteiger partial charge in [-0.15, -0.1) is 8.20 Å². The summed E-state index contributed by atoms with van der Waals surface area (Å²) in [7, 11) is 1.53. The molecule has 0 unspecified atom stereocenters. The number of unbranched alkanes of at least 4 members (excludes halogenated alkanes) is 6. The maximum atomic E-state index is 2.42. The number of rotatable bonds is 8. The molecular weight excluding hydrogens is 163 g/mol. The van der Waals surface area contributed by atoms with Gasteiger partial charge in [-0.25, -0.2) is 0 Å². The highest BCUT2D eigenvalue weighted by atomic mass is 31.1. The van der Waals surface area contributed by atoms with Crippen LogP contribution in [0.5, 0.6) is 0 Å². The van der Waals surface area contributed by atoms with E-state index in [4.69, 9.17) is 0 Å². The lowest BCUT2D eigenvalue weighted by Crippen LogP contribution is -1.79. The maximum absolute atomic E-state index is 2.42. The van der Waals surface area contributed by atoms with Gasteiger partial charge in [-0.1, -0.05) is 51.7 Å². The van der Waals surface area contributed by atoms with E-state index in [9.17, 15) is 0 Å². The Labute approximate surface area is 79.6 Å². The van der Waals surface area contributed by atoms with Crippen LogP contribution in [0.15, 0.2) is 0 Å². The van der Waals surface area contributed by atoms with Crippen LogP contribution in [0, 0.1) is 0 Å². The number of hydrogen-bond donors (Lipinski definition) is 0. The molecule has 12 heavy (non-hydrogen) atoms. The van der Waals surface area contributed by atoms with E-state index in [2.05, 4.69) is 19.6 Å². The Bertz CT molecular complexity index is 97.2. The molecule has 0 amide bonds. The molecule has 0 rings (SSSR count). The zero-order valence-corrected chi connectivity index (χ0v) is 9.58. The monoisotopic (exact) mass is 186 g/mol. The normalized spacial score (nSPS) is 11.2. The third kappa shape index (κ3) is 10.2. The molecule has 0 heterocycles. The van der Waals surface area contributed by atoms with Gasteiger partial charge in [0, 0.05) is 0 Å². The second-order valence-electron chi connectivity index (χ2n) is 3.24. The topological polar surface area (TPSA) is 0 Å². The van der Waals surface area contributed by atoms with Crippen molar-refractivity contribution in [1.82, 2.24) is 0 Å². The summed E-state index contributed by atoms with van der Waals surface area (Å²) in [6, 6.07) is 0.